The topological polar surface area (TPSA) is 0 Å². The molecule has 0 heterocycles. The van der Waals surface area contributed by atoms with Crippen molar-refractivity contribution in [1.29, 1.82) is 0 Å². The van der Waals surface area contributed by atoms with E-state index in [1.54, 1.807) is 0 Å². The Morgan fingerprint density at radius 3 is 1.58 bits per heavy atom. The molecule has 2 heteroatoms. The van der Waals surface area contributed by atoms with Crippen LogP contribution >= 0.6 is 0 Å². The summed E-state index contributed by atoms with van der Waals surface area (Å²) < 4.78 is 24.5. The van der Waals surface area contributed by atoms with Gasteiger partial charge in [-0.3, -0.25) is 0 Å². The molecule has 0 atom stereocenters. The van der Waals surface area contributed by atoms with Gasteiger partial charge in [-0.05, 0) is 31.3 Å². The van der Waals surface area contributed by atoms with Crippen molar-refractivity contribution in [3.63, 3.8) is 0 Å². The Hall–Kier alpha value is -0.400. The van der Waals surface area contributed by atoms with Gasteiger partial charge in [0.2, 0.25) is 0 Å². The molecule has 0 rings (SSSR count). The molecule has 0 aliphatic heterocycles. The van der Waals surface area contributed by atoms with Crippen LogP contribution < -0.4 is 0 Å². The first-order chi connectivity index (χ1) is 5.72. The lowest BCUT2D eigenvalue weighted by Crippen LogP contribution is -1.86. The molecule has 0 amide bonds. The van der Waals surface area contributed by atoms with Gasteiger partial charge in [0.15, 0.2) is 0 Å². The van der Waals surface area contributed by atoms with E-state index in [9.17, 15) is 8.78 Å². The van der Waals surface area contributed by atoms with Crippen LogP contribution in [0.25, 0.3) is 0 Å². The predicted molar refractivity (Wildman–Crippen MR) is 48.3 cm³/mol. The molecule has 0 aromatic heterocycles. The van der Waals surface area contributed by atoms with Crippen LogP contribution in [-0.4, -0.2) is 0 Å². The number of rotatable bonds is 6. The van der Waals surface area contributed by atoms with Crippen LogP contribution in [0.15, 0.2) is 11.7 Å². The van der Waals surface area contributed by atoms with E-state index >= 15 is 0 Å². The molecule has 0 unspecified atom stereocenters. The fourth-order valence-corrected chi connectivity index (χ4v) is 1.09. The molecule has 0 spiro atoms. The third kappa shape index (κ3) is 5.28. The van der Waals surface area contributed by atoms with Crippen molar-refractivity contribution in [1.82, 2.24) is 0 Å². The van der Waals surface area contributed by atoms with Crippen molar-refractivity contribution in [2.45, 2.75) is 52.4 Å². The summed E-state index contributed by atoms with van der Waals surface area (Å²) in [6.07, 6.45) is 3.47. The lowest BCUT2D eigenvalue weighted by molar-refractivity contribution is 0.400. The van der Waals surface area contributed by atoms with Crippen LogP contribution in [0.1, 0.15) is 52.4 Å². The van der Waals surface area contributed by atoms with Crippen molar-refractivity contribution < 1.29 is 8.78 Å². The third-order valence-electron chi connectivity index (χ3n) is 1.93. The highest BCUT2D eigenvalue weighted by Gasteiger charge is 2.04. The summed E-state index contributed by atoms with van der Waals surface area (Å²) in [6.45, 7) is 4.04. The molecular formula is C10H18F2. The van der Waals surface area contributed by atoms with Gasteiger partial charge in [-0.25, -0.2) is 0 Å². The second kappa shape index (κ2) is 7.26. The van der Waals surface area contributed by atoms with Gasteiger partial charge in [0, 0.05) is 0 Å². The number of hydrogen-bond acceptors (Lipinski definition) is 0. The van der Waals surface area contributed by atoms with Crippen LogP contribution in [0.4, 0.5) is 8.78 Å². The summed E-state index contributed by atoms with van der Waals surface area (Å²) in [4.78, 5) is 0. The van der Waals surface area contributed by atoms with Crippen LogP contribution in [0.5, 0.6) is 0 Å². The zero-order valence-electron chi connectivity index (χ0n) is 8.00. The second-order valence-electron chi connectivity index (χ2n) is 3.07. The highest BCUT2D eigenvalue weighted by atomic mass is 19.3. The summed E-state index contributed by atoms with van der Waals surface area (Å²) in [5, 5.41) is 0. The molecule has 0 bridgehead atoms. The van der Waals surface area contributed by atoms with Crippen molar-refractivity contribution in [3.8, 4) is 0 Å². The highest BCUT2D eigenvalue weighted by Crippen LogP contribution is 2.20. The average Bonchev–Trinajstić information content (AvgIpc) is 2.04. The van der Waals surface area contributed by atoms with Crippen LogP contribution in [0.2, 0.25) is 0 Å². The van der Waals surface area contributed by atoms with Crippen molar-refractivity contribution in [2.24, 2.45) is 0 Å². The summed E-state index contributed by atoms with van der Waals surface area (Å²) >= 11 is 0. The van der Waals surface area contributed by atoms with E-state index in [0.29, 0.717) is 18.4 Å². The molecule has 12 heavy (non-hydrogen) atoms. The van der Waals surface area contributed by atoms with Gasteiger partial charge in [-0.2, -0.15) is 8.78 Å². The summed E-state index contributed by atoms with van der Waals surface area (Å²) in [6, 6.07) is 0. The molecule has 0 aromatic rings. The summed E-state index contributed by atoms with van der Waals surface area (Å²) in [5.74, 6) is 0. The molecule has 0 N–H and O–H groups in total. The van der Waals surface area contributed by atoms with Crippen LogP contribution in [0.3, 0.4) is 0 Å². The fourth-order valence-electron chi connectivity index (χ4n) is 1.09. The zero-order chi connectivity index (χ0) is 9.40. The maximum Gasteiger partial charge on any atom is 0.269 e. The lowest BCUT2D eigenvalue weighted by Gasteiger charge is -2.03. The zero-order valence-corrected chi connectivity index (χ0v) is 8.00. The third-order valence-corrected chi connectivity index (χ3v) is 1.93. The van der Waals surface area contributed by atoms with Gasteiger partial charge in [0.05, 0.1) is 0 Å². The normalized spacial score (nSPS) is 10.0. The van der Waals surface area contributed by atoms with Crippen LogP contribution in [-0.2, 0) is 0 Å². The molecule has 0 nitrogen and oxygen atoms in total. The minimum atomic E-state index is -1.45. The minimum absolute atomic E-state index is 0.374. The van der Waals surface area contributed by atoms with E-state index < -0.39 is 6.08 Å². The highest BCUT2D eigenvalue weighted by molar-refractivity contribution is 5.02. The van der Waals surface area contributed by atoms with E-state index in [1.807, 2.05) is 13.8 Å². The van der Waals surface area contributed by atoms with E-state index in [-0.39, 0.29) is 0 Å². The quantitative estimate of drug-likeness (QED) is 0.558. The second-order valence-corrected chi connectivity index (χ2v) is 3.07. The molecular weight excluding hydrogens is 158 g/mol. The first-order valence-corrected chi connectivity index (χ1v) is 4.75. The fraction of sp³-hybridized carbons (Fsp3) is 0.800. The van der Waals surface area contributed by atoms with Gasteiger partial charge in [-0.1, -0.05) is 26.7 Å². The first kappa shape index (κ1) is 11.6. The Morgan fingerprint density at radius 1 is 0.917 bits per heavy atom. The van der Waals surface area contributed by atoms with Gasteiger partial charge in [-0.15, -0.1) is 0 Å². The number of hydrogen-bond donors (Lipinski definition) is 0. The molecule has 0 fully saturated rings. The standard InChI is InChI=1S/C10H18F2/c1-3-5-7-9(10(11)12)8-6-4-2/h3-8H2,1-2H3. The van der Waals surface area contributed by atoms with Gasteiger partial charge < -0.3 is 0 Å². The van der Waals surface area contributed by atoms with E-state index in [0.717, 1.165) is 25.7 Å². The molecule has 0 saturated carbocycles. The molecule has 0 radical (unpaired) electrons. The van der Waals surface area contributed by atoms with E-state index in [4.69, 9.17) is 0 Å². The Kier molecular flexibility index (Phi) is 7.02. The molecule has 0 aliphatic rings. The summed E-state index contributed by atoms with van der Waals surface area (Å²) in [7, 11) is 0. The number of allylic oxidation sites excluding steroid dienone is 1. The Bertz CT molecular complexity index is 125. The smallest absolute Gasteiger partial charge is 0.173 e. The van der Waals surface area contributed by atoms with E-state index in [2.05, 4.69) is 0 Å². The van der Waals surface area contributed by atoms with Crippen LogP contribution in [0, 0.1) is 0 Å². The van der Waals surface area contributed by atoms with Gasteiger partial charge in [0.1, 0.15) is 0 Å². The van der Waals surface area contributed by atoms with Gasteiger partial charge in [0.25, 0.3) is 6.08 Å². The lowest BCUT2D eigenvalue weighted by atomic mass is 10.0. The molecule has 0 aliphatic carbocycles. The maximum absolute atomic E-state index is 12.2. The molecule has 0 saturated heterocycles. The molecule has 72 valence electrons. The van der Waals surface area contributed by atoms with Crippen molar-refractivity contribution >= 4 is 0 Å². The monoisotopic (exact) mass is 176 g/mol. The average molecular weight is 176 g/mol. The number of unbranched alkanes of at least 4 members (excludes halogenated alkanes) is 2. The predicted octanol–water partition coefficient (Wildman–Crippen LogP) is 4.52. The first-order valence-electron chi connectivity index (χ1n) is 4.75. The van der Waals surface area contributed by atoms with Crippen molar-refractivity contribution in [2.75, 3.05) is 0 Å². The summed E-state index contributed by atoms with van der Waals surface area (Å²) in [5.41, 5.74) is 0.374. The van der Waals surface area contributed by atoms with Crippen molar-refractivity contribution in [3.05, 3.63) is 11.7 Å². The SMILES string of the molecule is CCCCC(CCCC)=C(F)F. The van der Waals surface area contributed by atoms with E-state index in [1.165, 1.54) is 0 Å². The maximum atomic E-state index is 12.2. The van der Waals surface area contributed by atoms with Gasteiger partial charge >= 0.3 is 0 Å². The Morgan fingerprint density at radius 2 is 1.33 bits per heavy atom. The Balaban J connectivity index is 3.80. The number of halogens is 2. The minimum Gasteiger partial charge on any atom is -0.173 e. The molecule has 0 aromatic carbocycles. The largest absolute Gasteiger partial charge is 0.269 e. The Labute approximate surface area is 73.7 Å².